The molecule has 236 valence electrons. The number of carbonyl (C=O) groups is 6. The second-order valence-electron chi connectivity index (χ2n) is 9.83. The van der Waals surface area contributed by atoms with Gasteiger partial charge in [-0.25, -0.2) is 4.79 Å². The fraction of sp³-hybridized carbons (Fsp3) is 0.750. The van der Waals surface area contributed by atoms with Crippen molar-refractivity contribution in [1.29, 1.82) is 0 Å². The van der Waals surface area contributed by atoms with E-state index < -0.39 is 85.7 Å². The van der Waals surface area contributed by atoms with Gasteiger partial charge in [-0.15, -0.1) is 0 Å². The Balaban J connectivity index is 5.18. The van der Waals surface area contributed by atoms with E-state index in [2.05, 4.69) is 21.3 Å². The van der Waals surface area contributed by atoms with Gasteiger partial charge in [0.1, 0.15) is 12.5 Å². The Morgan fingerprint density at radius 3 is 1.83 bits per heavy atom. The number of carboxylic acids is 3. The highest BCUT2D eigenvalue weighted by molar-refractivity contribution is 5.87. The lowest BCUT2D eigenvalue weighted by Gasteiger charge is -2.29. The summed E-state index contributed by atoms with van der Waals surface area (Å²) in [6, 6.07) is -4.69. The predicted molar refractivity (Wildman–Crippen MR) is 141 cm³/mol. The van der Waals surface area contributed by atoms with Gasteiger partial charge in [-0.3, -0.25) is 34.6 Å². The van der Waals surface area contributed by atoms with E-state index in [1.54, 1.807) is 7.05 Å². The van der Waals surface area contributed by atoms with E-state index >= 15 is 0 Å². The molecule has 0 heterocycles. The molecule has 0 radical (unpaired) electrons. The average molecular weight is 594 g/mol. The van der Waals surface area contributed by atoms with E-state index in [4.69, 9.17) is 9.84 Å². The molecule has 17 heteroatoms. The molecule has 0 spiro atoms. The van der Waals surface area contributed by atoms with E-state index in [-0.39, 0.29) is 19.6 Å². The van der Waals surface area contributed by atoms with Crippen LogP contribution in [0.5, 0.6) is 0 Å². The van der Waals surface area contributed by atoms with Gasteiger partial charge >= 0.3 is 24.0 Å². The van der Waals surface area contributed by atoms with Crippen LogP contribution in [-0.2, 0) is 28.7 Å². The number of hydrogen-bond donors (Lipinski definition) is 9. The lowest BCUT2D eigenvalue weighted by molar-refractivity contribution is -0.143. The Hall–Kier alpha value is -3.54. The normalized spacial score (nSPS) is 14.7. The SMILES string of the molecule is CC(C)CCN(C)C(=O)OCCCNC(=O)C(CC(=O)O)NC(O)C(CC(=O)O)NC(=O)C(CC(=O)O)NC(C)O. The Kier molecular flexibility index (Phi) is 17.8. The molecule has 5 atom stereocenters. The first-order chi connectivity index (χ1) is 19.0. The Labute approximate surface area is 237 Å². The van der Waals surface area contributed by atoms with Crippen LogP contribution in [0.25, 0.3) is 0 Å². The summed E-state index contributed by atoms with van der Waals surface area (Å²) in [6.07, 6.45) is -5.29. The molecule has 0 aromatic heterocycles. The van der Waals surface area contributed by atoms with Crippen LogP contribution in [0, 0.1) is 5.92 Å². The smallest absolute Gasteiger partial charge is 0.409 e. The number of carbonyl (C=O) groups excluding carboxylic acids is 3. The first kappa shape index (κ1) is 37.5. The monoisotopic (exact) mass is 593 g/mol. The number of ether oxygens (including phenoxy) is 1. The zero-order chi connectivity index (χ0) is 31.7. The zero-order valence-corrected chi connectivity index (χ0v) is 23.7. The standard InChI is InChI=1S/C24H43N5O12/c1-13(2)6-8-29(4)24(40)41-9-5-7-25-21(37)15(10-18(31)32)27-23(39)17(12-20(35)36)28-22(38)16(11-19(33)34)26-14(3)30/h13-17,23,26-27,30,39H,5-12H2,1-4H3,(H,25,37)(H,28,38)(H,31,32)(H,33,34)(H,35,36). The molecular weight excluding hydrogens is 550 g/mol. The molecule has 0 bridgehead atoms. The number of hydrogen-bond acceptors (Lipinski definition) is 11. The van der Waals surface area contributed by atoms with Crippen molar-refractivity contribution in [2.75, 3.05) is 26.7 Å². The molecule has 0 aromatic carbocycles. The highest BCUT2D eigenvalue weighted by Gasteiger charge is 2.32. The van der Waals surface area contributed by atoms with Crippen molar-refractivity contribution in [2.45, 2.75) is 83.5 Å². The lowest BCUT2D eigenvalue weighted by atomic mass is 10.1. The van der Waals surface area contributed by atoms with E-state index in [1.807, 2.05) is 13.8 Å². The summed E-state index contributed by atoms with van der Waals surface area (Å²) in [6.45, 7) is 5.72. The summed E-state index contributed by atoms with van der Waals surface area (Å²) in [5.41, 5.74) is 0. The van der Waals surface area contributed by atoms with Crippen LogP contribution in [0.2, 0.25) is 0 Å². The number of aliphatic carboxylic acids is 3. The van der Waals surface area contributed by atoms with Crippen molar-refractivity contribution < 1.29 is 59.0 Å². The molecule has 0 aliphatic carbocycles. The summed E-state index contributed by atoms with van der Waals surface area (Å²) in [4.78, 5) is 72.3. The minimum atomic E-state index is -1.95. The first-order valence-corrected chi connectivity index (χ1v) is 13.0. The number of nitrogens with zero attached hydrogens (tertiary/aromatic N) is 1. The summed E-state index contributed by atoms with van der Waals surface area (Å²) in [5, 5.41) is 56.6. The van der Waals surface area contributed by atoms with Crippen LogP contribution in [0.3, 0.4) is 0 Å². The molecule has 0 fully saturated rings. The highest BCUT2D eigenvalue weighted by atomic mass is 16.6. The minimum absolute atomic E-state index is 0.0209. The molecule has 0 aliphatic heterocycles. The van der Waals surface area contributed by atoms with Gasteiger partial charge in [0.2, 0.25) is 11.8 Å². The van der Waals surface area contributed by atoms with E-state index in [1.165, 1.54) is 11.8 Å². The number of carboxylic acid groups (broad SMARTS) is 3. The van der Waals surface area contributed by atoms with Crippen molar-refractivity contribution in [3.8, 4) is 0 Å². The number of aliphatic hydroxyl groups is 2. The van der Waals surface area contributed by atoms with Gasteiger partial charge in [0.15, 0.2) is 0 Å². The van der Waals surface area contributed by atoms with Crippen LogP contribution in [0.1, 0.15) is 52.9 Å². The Bertz CT molecular complexity index is 885. The Morgan fingerprint density at radius 1 is 0.805 bits per heavy atom. The average Bonchev–Trinajstić information content (AvgIpc) is 2.84. The van der Waals surface area contributed by atoms with Crippen LogP contribution in [0.4, 0.5) is 4.79 Å². The molecule has 17 nitrogen and oxygen atoms in total. The van der Waals surface area contributed by atoms with Crippen molar-refractivity contribution >= 4 is 35.8 Å². The topological polar surface area (TPSA) is 264 Å². The van der Waals surface area contributed by atoms with Crippen molar-refractivity contribution in [3.63, 3.8) is 0 Å². The minimum Gasteiger partial charge on any atom is -0.481 e. The first-order valence-electron chi connectivity index (χ1n) is 13.0. The highest BCUT2D eigenvalue weighted by Crippen LogP contribution is 2.05. The molecule has 41 heavy (non-hydrogen) atoms. The van der Waals surface area contributed by atoms with Gasteiger partial charge in [0.05, 0.1) is 44.0 Å². The van der Waals surface area contributed by atoms with Crippen LogP contribution >= 0.6 is 0 Å². The summed E-state index contributed by atoms with van der Waals surface area (Å²) < 4.78 is 5.11. The van der Waals surface area contributed by atoms with Crippen molar-refractivity contribution in [3.05, 3.63) is 0 Å². The number of aliphatic hydroxyl groups excluding tert-OH is 2. The molecule has 9 N–H and O–H groups in total. The fourth-order valence-corrected chi connectivity index (χ4v) is 3.35. The number of rotatable bonds is 21. The predicted octanol–water partition coefficient (Wildman–Crippen LogP) is -1.91. The molecule has 0 saturated heterocycles. The summed E-state index contributed by atoms with van der Waals surface area (Å²) in [7, 11) is 1.59. The van der Waals surface area contributed by atoms with Crippen LogP contribution in [-0.4, -0.2) is 124 Å². The van der Waals surface area contributed by atoms with Crippen molar-refractivity contribution in [2.24, 2.45) is 5.92 Å². The van der Waals surface area contributed by atoms with Crippen LogP contribution < -0.4 is 21.3 Å². The largest absolute Gasteiger partial charge is 0.481 e. The van der Waals surface area contributed by atoms with Crippen molar-refractivity contribution in [1.82, 2.24) is 26.2 Å². The number of nitrogens with one attached hydrogen (secondary N) is 4. The molecule has 0 aliphatic rings. The maximum Gasteiger partial charge on any atom is 0.409 e. The van der Waals surface area contributed by atoms with Gasteiger partial charge in [0.25, 0.3) is 0 Å². The molecular formula is C24H43N5O12. The molecule has 0 rings (SSSR count). The maximum atomic E-state index is 12.6. The molecule has 5 unspecified atom stereocenters. The zero-order valence-electron chi connectivity index (χ0n) is 23.7. The summed E-state index contributed by atoms with van der Waals surface area (Å²) in [5.74, 6) is -5.83. The van der Waals surface area contributed by atoms with Gasteiger partial charge in [-0.2, -0.15) is 0 Å². The second kappa shape index (κ2) is 19.5. The van der Waals surface area contributed by atoms with Gasteiger partial charge < -0.3 is 45.8 Å². The summed E-state index contributed by atoms with van der Waals surface area (Å²) >= 11 is 0. The Morgan fingerprint density at radius 2 is 1.34 bits per heavy atom. The van der Waals surface area contributed by atoms with Gasteiger partial charge in [-0.05, 0) is 25.7 Å². The maximum absolute atomic E-state index is 12.6. The van der Waals surface area contributed by atoms with Crippen LogP contribution in [0.15, 0.2) is 0 Å². The van der Waals surface area contributed by atoms with E-state index in [9.17, 15) is 49.2 Å². The third-order valence-electron chi connectivity index (χ3n) is 5.51. The quantitative estimate of drug-likeness (QED) is 0.0519. The third kappa shape index (κ3) is 17.7. The van der Waals surface area contributed by atoms with Gasteiger partial charge in [0, 0.05) is 20.1 Å². The molecule has 0 saturated carbocycles. The molecule has 0 aromatic rings. The van der Waals surface area contributed by atoms with E-state index in [0.29, 0.717) is 12.5 Å². The second-order valence-corrected chi connectivity index (χ2v) is 9.83. The van der Waals surface area contributed by atoms with E-state index in [0.717, 1.165) is 6.42 Å². The molecule has 3 amide bonds. The number of amides is 3. The third-order valence-corrected chi connectivity index (χ3v) is 5.51. The lowest BCUT2D eigenvalue weighted by Crippen LogP contribution is -2.59. The fourth-order valence-electron chi connectivity index (χ4n) is 3.35. The van der Waals surface area contributed by atoms with Gasteiger partial charge in [-0.1, -0.05) is 13.8 Å².